The zero-order chi connectivity index (χ0) is 20.9. The largest absolute Gasteiger partial charge is 0.349 e. The van der Waals surface area contributed by atoms with Crippen LogP contribution in [0.4, 0.5) is 0 Å². The van der Waals surface area contributed by atoms with Gasteiger partial charge in [-0.05, 0) is 36.5 Å². The first kappa shape index (κ1) is 22.8. The van der Waals surface area contributed by atoms with Crippen LogP contribution in [0.2, 0.25) is 0 Å². The van der Waals surface area contributed by atoms with Crippen LogP contribution in [-0.4, -0.2) is 61.5 Å². The van der Waals surface area contributed by atoms with Gasteiger partial charge in [0, 0.05) is 44.3 Å². The molecule has 158 valence electrons. The number of hydrogen-bond acceptors (Lipinski definition) is 4. The van der Waals surface area contributed by atoms with Crippen molar-refractivity contribution >= 4 is 15.9 Å². The average molecular weight is 410 g/mol. The van der Waals surface area contributed by atoms with Crippen molar-refractivity contribution in [3.8, 4) is 0 Å². The van der Waals surface area contributed by atoms with Gasteiger partial charge in [0.2, 0.25) is 10.0 Å². The molecule has 0 unspecified atom stereocenters. The molecule has 6 nitrogen and oxygen atoms in total. The Labute approximate surface area is 170 Å². The van der Waals surface area contributed by atoms with Crippen molar-refractivity contribution in [2.24, 2.45) is 11.8 Å². The second-order valence-corrected chi connectivity index (χ2v) is 10.5. The van der Waals surface area contributed by atoms with Gasteiger partial charge < -0.3 is 5.32 Å². The maximum Gasteiger partial charge on any atom is 0.251 e. The van der Waals surface area contributed by atoms with Gasteiger partial charge in [0.05, 0.1) is 5.75 Å². The Kier molecular flexibility index (Phi) is 8.04. The molecule has 0 radical (unpaired) electrons. The van der Waals surface area contributed by atoms with Crippen LogP contribution >= 0.6 is 0 Å². The first-order chi connectivity index (χ1) is 13.1. The summed E-state index contributed by atoms with van der Waals surface area (Å²) in [4.78, 5) is 14.9. The predicted octanol–water partition coefficient (Wildman–Crippen LogP) is 2.56. The third-order valence-corrected chi connectivity index (χ3v) is 7.30. The highest BCUT2D eigenvalue weighted by Crippen LogP contribution is 2.15. The smallest absolute Gasteiger partial charge is 0.251 e. The molecular weight excluding hydrogens is 374 g/mol. The van der Waals surface area contributed by atoms with Crippen LogP contribution in [0.15, 0.2) is 24.3 Å². The van der Waals surface area contributed by atoms with Gasteiger partial charge in [-0.1, -0.05) is 39.8 Å². The molecule has 1 fully saturated rings. The maximum atomic E-state index is 12.7. The minimum atomic E-state index is -3.11. The lowest BCUT2D eigenvalue weighted by molar-refractivity contribution is 0.0910. The third-order valence-electron chi connectivity index (χ3n) is 5.42. The molecule has 0 atom stereocenters. The number of hydrogen-bond donors (Lipinski definition) is 1. The Morgan fingerprint density at radius 1 is 1.07 bits per heavy atom. The van der Waals surface area contributed by atoms with Gasteiger partial charge in [-0.15, -0.1) is 0 Å². The van der Waals surface area contributed by atoms with Crippen LogP contribution in [-0.2, 0) is 16.6 Å². The number of benzene rings is 1. The lowest BCUT2D eigenvalue weighted by Gasteiger charge is -2.33. The molecule has 28 heavy (non-hydrogen) atoms. The predicted molar refractivity (Wildman–Crippen MR) is 114 cm³/mol. The lowest BCUT2D eigenvalue weighted by atomic mass is 9.93. The minimum Gasteiger partial charge on any atom is -0.349 e. The van der Waals surface area contributed by atoms with E-state index in [2.05, 4.69) is 37.9 Å². The fraction of sp³-hybridized carbons (Fsp3) is 0.667. The van der Waals surface area contributed by atoms with Gasteiger partial charge in [-0.3, -0.25) is 9.69 Å². The van der Waals surface area contributed by atoms with Crippen molar-refractivity contribution in [2.75, 3.05) is 31.9 Å². The number of piperazine rings is 1. The Morgan fingerprint density at radius 3 is 2.21 bits per heavy atom. The molecule has 1 N–H and O–H groups in total. The Morgan fingerprint density at radius 2 is 1.68 bits per heavy atom. The highest BCUT2D eigenvalue weighted by atomic mass is 32.2. The molecule has 1 saturated heterocycles. The maximum absolute atomic E-state index is 12.7. The number of nitrogens with zero attached hydrogens (tertiary/aromatic N) is 2. The van der Waals surface area contributed by atoms with Crippen LogP contribution in [0.5, 0.6) is 0 Å². The summed E-state index contributed by atoms with van der Waals surface area (Å²) in [7, 11) is -3.11. The standard InChI is InChI=1S/C21H35N3O3S/c1-6-28(26,27)24-12-10-23(11-13-24)15-18-8-7-9-19(14-18)21(25)22-20(16(2)3)17(4)5/h7-9,14,16-17,20H,6,10-13,15H2,1-5H3,(H,22,25). The first-order valence-electron chi connectivity index (χ1n) is 10.2. The molecule has 1 aliphatic heterocycles. The van der Waals surface area contributed by atoms with Crippen LogP contribution in [0.3, 0.4) is 0 Å². The number of amides is 1. The van der Waals surface area contributed by atoms with E-state index in [1.807, 2.05) is 24.3 Å². The van der Waals surface area contributed by atoms with E-state index in [4.69, 9.17) is 0 Å². The highest BCUT2D eigenvalue weighted by Gasteiger charge is 2.25. The number of nitrogens with one attached hydrogen (secondary N) is 1. The highest BCUT2D eigenvalue weighted by molar-refractivity contribution is 7.89. The quantitative estimate of drug-likeness (QED) is 0.716. The normalized spacial score (nSPS) is 16.9. The van der Waals surface area contributed by atoms with Gasteiger partial charge in [0.1, 0.15) is 0 Å². The van der Waals surface area contributed by atoms with Gasteiger partial charge >= 0.3 is 0 Å². The number of sulfonamides is 1. The van der Waals surface area contributed by atoms with Gasteiger partial charge in [-0.2, -0.15) is 4.31 Å². The van der Waals surface area contributed by atoms with E-state index in [9.17, 15) is 13.2 Å². The molecule has 1 aromatic rings. The van der Waals surface area contributed by atoms with Crippen LogP contribution in [0.25, 0.3) is 0 Å². The molecule has 1 aliphatic rings. The summed E-state index contributed by atoms with van der Waals surface area (Å²) in [6, 6.07) is 7.88. The molecule has 0 saturated carbocycles. The zero-order valence-electron chi connectivity index (χ0n) is 17.8. The summed E-state index contributed by atoms with van der Waals surface area (Å²) in [6.45, 7) is 13.4. The first-order valence-corrected chi connectivity index (χ1v) is 11.8. The Bertz CT molecular complexity index is 746. The van der Waals surface area contributed by atoms with Crippen molar-refractivity contribution in [1.29, 1.82) is 0 Å². The third kappa shape index (κ3) is 6.03. The average Bonchev–Trinajstić information content (AvgIpc) is 2.66. The monoisotopic (exact) mass is 409 g/mol. The molecule has 0 aliphatic carbocycles. The van der Waals surface area contributed by atoms with Crippen molar-refractivity contribution in [2.45, 2.75) is 47.2 Å². The lowest BCUT2D eigenvalue weighted by Crippen LogP contribution is -2.48. The van der Waals surface area contributed by atoms with Crippen LogP contribution < -0.4 is 5.32 Å². The second kappa shape index (κ2) is 9.85. The molecule has 0 bridgehead atoms. The summed E-state index contributed by atoms with van der Waals surface area (Å²) in [5.41, 5.74) is 1.75. The molecule has 2 rings (SSSR count). The van der Waals surface area contributed by atoms with Crippen LogP contribution in [0, 0.1) is 11.8 Å². The fourth-order valence-corrected chi connectivity index (χ4v) is 4.84. The Hall–Kier alpha value is -1.44. The van der Waals surface area contributed by atoms with Crippen molar-refractivity contribution in [3.05, 3.63) is 35.4 Å². The van der Waals surface area contributed by atoms with Crippen LogP contribution in [0.1, 0.15) is 50.5 Å². The van der Waals surface area contributed by atoms with E-state index in [1.165, 1.54) is 0 Å². The minimum absolute atomic E-state index is 0.0342. The van der Waals surface area contributed by atoms with E-state index in [1.54, 1.807) is 11.2 Å². The molecule has 1 aromatic carbocycles. The zero-order valence-corrected chi connectivity index (χ0v) is 18.6. The summed E-state index contributed by atoms with van der Waals surface area (Å²) in [6.07, 6.45) is 0. The van der Waals surface area contributed by atoms with Gasteiger partial charge in [0.25, 0.3) is 5.91 Å². The summed E-state index contributed by atoms with van der Waals surface area (Å²) < 4.78 is 25.5. The second-order valence-electron chi connectivity index (χ2n) is 8.26. The number of rotatable bonds is 8. The molecule has 1 amide bonds. The summed E-state index contributed by atoms with van der Waals surface area (Å²) in [5.74, 6) is 0.872. The molecule has 7 heteroatoms. The number of carbonyl (C=O) groups is 1. The molecular formula is C21H35N3O3S. The van der Waals surface area contributed by atoms with Crippen molar-refractivity contribution < 1.29 is 13.2 Å². The number of carbonyl (C=O) groups excluding carboxylic acids is 1. The molecule has 1 heterocycles. The van der Waals surface area contributed by atoms with E-state index in [0.717, 1.165) is 12.1 Å². The SMILES string of the molecule is CCS(=O)(=O)N1CCN(Cc2cccc(C(=O)NC(C(C)C)C(C)C)c2)CC1. The van der Waals surface area contributed by atoms with Crippen molar-refractivity contribution in [3.63, 3.8) is 0 Å². The van der Waals surface area contributed by atoms with Gasteiger partial charge in [0.15, 0.2) is 0 Å². The Balaban J connectivity index is 1.97. The topological polar surface area (TPSA) is 69.7 Å². The summed E-state index contributed by atoms with van der Waals surface area (Å²) in [5, 5.41) is 3.17. The van der Waals surface area contributed by atoms with E-state index in [-0.39, 0.29) is 17.7 Å². The van der Waals surface area contributed by atoms with E-state index < -0.39 is 10.0 Å². The van der Waals surface area contributed by atoms with Gasteiger partial charge in [-0.25, -0.2) is 8.42 Å². The van der Waals surface area contributed by atoms with E-state index >= 15 is 0 Å². The van der Waals surface area contributed by atoms with E-state index in [0.29, 0.717) is 43.6 Å². The van der Waals surface area contributed by atoms with Crippen molar-refractivity contribution in [1.82, 2.24) is 14.5 Å². The molecule has 0 spiro atoms. The summed E-state index contributed by atoms with van der Waals surface area (Å²) >= 11 is 0. The fourth-order valence-electron chi connectivity index (χ4n) is 3.76. The molecule has 0 aromatic heterocycles.